The van der Waals surface area contributed by atoms with Crippen molar-refractivity contribution in [2.45, 2.75) is 92.9 Å². The van der Waals surface area contributed by atoms with Crippen LogP contribution in [-0.4, -0.2) is 25.9 Å². The van der Waals surface area contributed by atoms with E-state index in [4.69, 9.17) is 0 Å². The van der Waals surface area contributed by atoms with Crippen LogP contribution in [0.25, 0.3) is 44.2 Å². The number of hydrogen-bond acceptors (Lipinski definition) is 0. The van der Waals surface area contributed by atoms with Gasteiger partial charge in [-0.1, -0.05) is 233 Å². The lowest BCUT2D eigenvalue weighted by molar-refractivity contribution is 1.34. The highest BCUT2D eigenvalue weighted by Crippen LogP contribution is 2.66. The van der Waals surface area contributed by atoms with Crippen molar-refractivity contribution in [2.24, 2.45) is 0 Å². The minimum absolute atomic E-state index is 0.150. The summed E-state index contributed by atoms with van der Waals surface area (Å²) in [7, 11) is -1.36. The Bertz CT molecular complexity index is 3330. The zero-order valence-electron chi connectivity index (χ0n) is 43.4. The van der Waals surface area contributed by atoms with Crippen LogP contribution in [0.2, 0.25) is 0 Å². The Balaban J connectivity index is 1.03. The second-order valence-electron chi connectivity index (χ2n) is 21.2. The summed E-state index contributed by atoms with van der Waals surface area (Å²) in [5.74, 6) is 0. The first-order valence-corrected chi connectivity index (χ1v) is 27.3. The third kappa shape index (κ3) is 8.02. The Hall–Kier alpha value is -6.28. The first kappa shape index (κ1) is 46.4. The third-order valence-electron chi connectivity index (χ3n) is 15.6. The maximum absolute atomic E-state index is 2.51. The van der Waals surface area contributed by atoms with Gasteiger partial charge in [0.1, 0.15) is 0 Å². The summed E-state index contributed by atoms with van der Waals surface area (Å²) in [6.45, 7) is 27.5. The highest BCUT2D eigenvalue weighted by molar-refractivity contribution is 8.33. The van der Waals surface area contributed by atoms with E-state index in [2.05, 4.69) is 241 Å². The van der Waals surface area contributed by atoms with E-state index in [1.165, 1.54) is 153 Å². The summed E-state index contributed by atoms with van der Waals surface area (Å²) in [6.07, 6.45) is 5.01. The highest BCUT2D eigenvalue weighted by atomic mass is 32.3. The Kier molecular flexibility index (Phi) is 11.8. The second kappa shape index (κ2) is 17.6. The summed E-state index contributed by atoms with van der Waals surface area (Å²) in [6, 6.07) is 57.1. The van der Waals surface area contributed by atoms with Gasteiger partial charge in [0.25, 0.3) is 0 Å². The molecule has 0 aliphatic carbocycles. The molecule has 1 aliphatic rings. The lowest BCUT2D eigenvalue weighted by atomic mass is 9.34. The van der Waals surface area contributed by atoms with Crippen LogP contribution in [0.4, 0.5) is 0 Å². The minimum atomic E-state index is -1.36. The van der Waals surface area contributed by atoms with Gasteiger partial charge < -0.3 is 0 Å². The van der Waals surface area contributed by atoms with Crippen LogP contribution in [-0.2, 0) is 0 Å². The van der Waals surface area contributed by atoms with Crippen LogP contribution in [0.1, 0.15) is 66.8 Å². The van der Waals surface area contributed by atoms with Crippen molar-refractivity contribution < 1.29 is 0 Å². The molecule has 0 saturated carbocycles. The van der Waals surface area contributed by atoms with E-state index in [1.807, 2.05) is 0 Å². The standard InChI is InChI=1S/C66H66B2S/c1-39-30-43(5)63(44(6)31-39)67(64-45(7)32-40(2)33-46(64)8)54-23-18-51(19-24-54)53-22-27-57-59-29-28-56(58-16-15-17-60(62(58)59)69(13,14)61(57)38-53)52-20-25-55(26-21-52)68(65-47(9)34-41(3)35-48(65)10)66-49(11)36-42(4)37-50(66)12/h15-38H,1-14H3. The summed E-state index contributed by atoms with van der Waals surface area (Å²) >= 11 is 0. The second-order valence-corrected chi connectivity index (χ2v) is 24.8. The van der Waals surface area contributed by atoms with Gasteiger partial charge in [0.05, 0.1) is 0 Å². The van der Waals surface area contributed by atoms with E-state index in [1.54, 1.807) is 0 Å². The molecule has 9 aromatic carbocycles. The molecule has 0 amide bonds. The molecule has 3 heteroatoms. The van der Waals surface area contributed by atoms with Gasteiger partial charge in [-0.05, 0) is 146 Å². The zero-order valence-corrected chi connectivity index (χ0v) is 44.2. The predicted octanol–water partition coefficient (Wildman–Crippen LogP) is 13.4. The van der Waals surface area contributed by atoms with E-state index in [-0.39, 0.29) is 13.4 Å². The van der Waals surface area contributed by atoms with Crippen molar-refractivity contribution in [3.63, 3.8) is 0 Å². The number of hydrogen-bond donors (Lipinski definition) is 0. The van der Waals surface area contributed by atoms with Gasteiger partial charge in [0.2, 0.25) is 13.4 Å². The number of benzene rings is 9. The molecule has 9 aromatic rings. The zero-order chi connectivity index (χ0) is 48.8. The average Bonchev–Trinajstić information content (AvgIpc) is 3.28. The maximum atomic E-state index is 2.51. The normalized spacial score (nSPS) is 13.1. The predicted molar refractivity (Wildman–Crippen MR) is 308 cm³/mol. The fourth-order valence-corrected chi connectivity index (χ4v) is 15.5. The molecule has 0 atom stereocenters. The Morgan fingerprint density at radius 2 is 0.652 bits per heavy atom. The Morgan fingerprint density at radius 1 is 0.304 bits per heavy atom. The van der Waals surface area contributed by atoms with E-state index in [0.29, 0.717) is 0 Å². The molecule has 1 aliphatic heterocycles. The van der Waals surface area contributed by atoms with Crippen molar-refractivity contribution in [2.75, 3.05) is 12.5 Å². The van der Waals surface area contributed by atoms with Crippen LogP contribution in [0.15, 0.2) is 155 Å². The molecule has 0 radical (unpaired) electrons. The maximum Gasteiger partial charge on any atom is 0.242 e. The van der Waals surface area contributed by atoms with Crippen molar-refractivity contribution in [3.05, 3.63) is 212 Å². The van der Waals surface area contributed by atoms with E-state index >= 15 is 0 Å². The van der Waals surface area contributed by atoms with Gasteiger partial charge in [-0.25, -0.2) is 0 Å². The molecule has 0 unspecified atom stereocenters. The Labute approximate surface area is 415 Å². The van der Waals surface area contributed by atoms with Gasteiger partial charge in [0, 0.05) is 15.2 Å². The van der Waals surface area contributed by atoms with Crippen molar-refractivity contribution >= 4 is 67.0 Å². The molecule has 69 heavy (non-hydrogen) atoms. The molecule has 0 aromatic heterocycles. The van der Waals surface area contributed by atoms with E-state index in [9.17, 15) is 0 Å². The summed E-state index contributed by atoms with van der Waals surface area (Å²) in [5, 5.41) is 2.75. The van der Waals surface area contributed by atoms with Crippen LogP contribution in [0.5, 0.6) is 0 Å². The quantitative estimate of drug-likeness (QED) is 0.133. The average molecular weight is 913 g/mol. The van der Waals surface area contributed by atoms with Crippen LogP contribution < -0.4 is 32.8 Å². The number of rotatable bonds is 8. The van der Waals surface area contributed by atoms with E-state index < -0.39 is 10.0 Å². The van der Waals surface area contributed by atoms with Crippen LogP contribution in [0, 0.1) is 83.1 Å². The van der Waals surface area contributed by atoms with Gasteiger partial charge in [-0.15, -0.1) is 0 Å². The van der Waals surface area contributed by atoms with Crippen LogP contribution in [0.3, 0.4) is 0 Å². The lowest BCUT2D eigenvalue weighted by Gasteiger charge is -2.40. The van der Waals surface area contributed by atoms with Crippen LogP contribution >= 0.6 is 10.0 Å². The molecular weight excluding hydrogens is 846 g/mol. The number of fused-ring (bicyclic) bond motifs is 2. The first-order valence-electron chi connectivity index (χ1n) is 24.9. The fraction of sp³-hybridized carbons (Fsp3) is 0.212. The highest BCUT2D eigenvalue weighted by Gasteiger charge is 2.33. The molecule has 10 rings (SSSR count). The topological polar surface area (TPSA) is 0 Å². The summed E-state index contributed by atoms with van der Waals surface area (Å²) in [5.41, 5.74) is 32.3. The molecular formula is C66H66B2S. The molecule has 0 saturated heterocycles. The molecule has 0 fully saturated rings. The van der Waals surface area contributed by atoms with Crippen molar-refractivity contribution in [1.29, 1.82) is 0 Å². The Morgan fingerprint density at radius 3 is 1.06 bits per heavy atom. The van der Waals surface area contributed by atoms with Gasteiger partial charge in [-0.3, -0.25) is 0 Å². The third-order valence-corrected chi connectivity index (χ3v) is 18.5. The van der Waals surface area contributed by atoms with Crippen molar-refractivity contribution in [1.82, 2.24) is 0 Å². The van der Waals surface area contributed by atoms with Gasteiger partial charge in [0.15, 0.2) is 0 Å². The summed E-state index contributed by atoms with van der Waals surface area (Å²) in [4.78, 5) is 2.94. The molecule has 0 bridgehead atoms. The molecule has 0 nitrogen and oxygen atoms in total. The molecule has 0 N–H and O–H groups in total. The molecule has 342 valence electrons. The smallest absolute Gasteiger partial charge is 0.192 e. The van der Waals surface area contributed by atoms with E-state index in [0.717, 1.165) is 0 Å². The minimum Gasteiger partial charge on any atom is -0.192 e. The SMILES string of the molecule is Cc1cc(C)c(B(c2ccc(-c3ccc4c(c3)S(C)(C)c3cccc5c(-c6ccc(B(c7c(C)cc(C)cc7C)c7c(C)cc(C)cc7C)cc6)ccc-4c35)cc2)c2c(C)cc(C)cc2C)c(C)c1. The summed E-state index contributed by atoms with van der Waals surface area (Å²) < 4.78 is 0. The first-order chi connectivity index (χ1) is 32.9. The fourth-order valence-electron chi connectivity index (χ4n) is 13.0. The molecule has 0 spiro atoms. The van der Waals surface area contributed by atoms with Gasteiger partial charge >= 0.3 is 0 Å². The number of aryl methyl sites for hydroxylation is 12. The monoisotopic (exact) mass is 913 g/mol. The van der Waals surface area contributed by atoms with Gasteiger partial charge in [-0.2, -0.15) is 10.0 Å². The largest absolute Gasteiger partial charge is 0.242 e. The lowest BCUT2D eigenvalue weighted by Crippen LogP contribution is -2.55. The molecule has 1 heterocycles. The van der Waals surface area contributed by atoms with Crippen molar-refractivity contribution in [3.8, 4) is 33.4 Å².